The minimum Gasteiger partial charge on any atom is -0.428 e. The highest BCUT2D eigenvalue weighted by Crippen LogP contribution is 2.37. The fourth-order valence-corrected chi connectivity index (χ4v) is 1.27. The molecule has 1 aromatic rings. The van der Waals surface area contributed by atoms with Gasteiger partial charge in [-0.2, -0.15) is 8.78 Å². The molecule has 1 heterocycles. The van der Waals surface area contributed by atoms with Crippen LogP contribution in [0.1, 0.15) is 0 Å². The van der Waals surface area contributed by atoms with E-state index in [1.165, 1.54) is 6.07 Å². The van der Waals surface area contributed by atoms with E-state index in [1.807, 2.05) is 0 Å². The molecule has 1 atom stereocenters. The zero-order valence-electron chi connectivity index (χ0n) is 7.34. The predicted octanol–water partition coefficient (Wildman–Crippen LogP) is 1.79. The van der Waals surface area contributed by atoms with E-state index in [0.717, 1.165) is 12.1 Å². The number of carbonyl (C=O) groups is 1. The molecule has 1 unspecified atom stereocenters. The van der Waals surface area contributed by atoms with Gasteiger partial charge in [-0.15, -0.1) is 0 Å². The third kappa shape index (κ3) is 1.62. The number of hydrogen-bond donors (Lipinski definition) is 1. The number of rotatable bonds is 1. The van der Waals surface area contributed by atoms with Crippen LogP contribution in [-0.4, -0.2) is 18.4 Å². The van der Waals surface area contributed by atoms with E-state index < -0.39 is 18.0 Å². The maximum atomic E-state index is 13.0. The van der Waals surface area contributed by atoms with Crippen molar-refractivity contribution in [2.75, 3.05) is 5.32 Å². The second-order valence-corrected chi connectivity index (χ2v) is 3.06. The lowest BCUT2D eigenvalue weighted by molar-refractivity contribution is -0.189. The summed E-state index contributed by atoms with van der Waals surface area (Å²) in [6.45, 7) is 0. The molecule has 2 rings (SSSR count). The first kappa shape index (κ1) is 9.82. The van der Waals surface area contributed by atoms with Gasteiger partial charge in [0.1, 0.15) is 5.82 Å². The number of anilines is 1. The van der Waals surface area contributed by atoms with E-state index in [2.05, 4.69) is 10.1 Å². The Morgan fingerprint density at radius 1 is 1.47 bits per heavy atom. The number of ether oxygens (including phenoxy) is 1. The number of benzene rings is 1. The van der Waals surface area contributed by atoms with Crippen molar-refractivity contribution in [3.8, 4) is 5.75 Å². The average molecular weight is 217 g/mol. The lowest BCUT2D eigenvalue weighted by Gasteiger charge is -2.30. The predicted molar refractivity (Wildman–Crippen MR) is 45.4 cm³/mol. The van der Waals surface area contributed by atoms with E-state index in [4.69, 9.17) is 0 Å². The van der Waals surface area contributed by atoms with Gasteiger partial charge in [-0.1, -0.05) is 0 Å². The first-order valence-electron chi connectivity index (χ1n) is 4.11. The first-order chi connectivity index (χ1) is 7.03. The van der Waals surface area contributed by atoms with E-state index in [9.17, 15) is 18.0 Å². The molecular weight excluding hydrogens is 211 g/mol. The summed E-state index contributed by atoms with van der Waals surface area (Å²) in [5.74, 6) is -0.992. The second kappa shape index (κ2) is 3.15. The summed E-state index contributed by atoms with van der Waals surface area (Å²) >= 11 is 0. The van der Waals surface area contributed by atoms with E-state index >= 15 is 0 Å². The number of alkyl halides is 2. The average Bonchev–Trinajstić information content (AvgIpc) is 2.15. The Hall–Kier alpha value is -1.72. The molecule has 0 radical (unpaired) electrons. The van der Waals surface area contributed by atoms with Gasteiger partial charge < -0.3 is 14.8 Å². The van der Waals surface area contributed by atoms with Gasteiger partial charge in [0, 0.05) is 6.07 Å². The summed E-state index contributed by atoms with van der Waals surface area (Å²) < 4.78 is 43.0. The molecule has 0 saturated carbocycles. The molecule has 0 bridgehead atoms. The molecule has 0 amide bonds. The molecule has 6 heteroatoms. The quantitative estimate of drug-likeness (QED) is 0.729. The lowest BCUT2D eigenvalue weighted by Crippen LogP contribution is -2.48. The van der Waals surface area contributed by atoms with Gasteiger partial charge >= 0.3 is 6.11 Å². The molecule has 15 heavy (non-hydrogen) atoms. The zero-order valence-corrected chi connectivity index (χ0v) is 7.34. The van der Waals surface area contributed by atoms with Crippen LogP contribution >= 0.6 is 0 Å². The SMILES string of the molecule is O=CC1Nc2ccc(F)cc2OC1(F)F. The Morgan fingerprint density at radius 3 is 2.87 bits per heavy atom. The van der Waals surface area contributed by atoms with Crippen molar-refractivity contribution in [2.24, 2.45) is 0 Å². The van der Waals surface area contributed by atoms with Crippen molar-refractivity contribution >= 4 is 12.0 Å². The van der Waals surface area contributed by atoms with Crippen LogP contribution in [0.2, 0.25) is 0 Å². The fraction of sp³-hybridized carbons (Fsp3) is 0.222. The van der Waals surface area contributed by atoms with Gasteiger partial charge in [0.25, 0.3) is 0 Å². The van der Waals surface area contributed by atoms with Crippen LogP contribution in [0.25, 0.3) is 0 Å². The minimum absolute atomic E-state index is 0.0479. The Morgan fingerprint density at radius 2 is 2.20 bits per heavy atom. The highest BCUT2D eigenvalue weighted by atomic mass is 19.3. The molecule has 0 saturated heterocycles. The van der Waals surface area contributed by atoms with E-state index in [1.54, 1.807) is 0 Å². The minimum atomic E-state index is -3.66. The molecule has 0 aromatic heterocycles. The van der Waals surface area contributed by atoms with Gasteiger partial charge in [-0.3, -0.25) is 0 Å². The molecule has 1 aliphatic heterocycles. The molecule has 3 nitrogen and oxygen atoms in total. The Balaban J connectivity index is 2.42. The lowest BCUT2D eigenvalue weighted by atomic mass is 10.2. The van der Waals surface area contributed by atoms with Gasteiger partial charge in [0.2, 0.25) is 0 Å². The molecule has 0 fully saturated rings. The van der Waals surface area contributed by atoms with Gasteiger partial charge in [0.15, 0.2) is 18.1 Å². The maximum Gasteiger partial charge on any atom is 0.425 e. The van der Waals surface area contributed by atoms with Crippen LogP contribution in [0.4, 0.5) is 18.9 Å². The summed E-state index contributed by atoms with van der Waals surface area (Å²) in [6.07, 6.45) is -3.62. The topological polar surface area (TPSA) is 38.3 Å². The molecule has 1 aliphatic rings. The smallest absolute Gasteiger partial charge is 0.425 e. The zero-order chi connectivity index (χ0) is 11.1. The summed E-state index contributed by atoms with van der Waals surface area (Å²) in [4.78, 5) is 10.4. The van der Waals surface area contributed by atoms with Crippen molar-refractivity contribution in [1.82, 2.24) is 0 Å². The van der Waals surface area contributed by atoms with Crippen molar-refractivity contribution in [1.29, 1.82) is 0 Å². The summed E-state index contributed by atoms with van der Waals surface area (Å²) in [6, 6.07) is 1.39. The normalized spacial score (nSPS) is 22.2. The van der Waals surface area contributed by atoms with Crippen LogP contribution in [0.15, 0.2) is 18.2 Å². The van der Waals surface area contributed by atoms with Crippen molar-refractivity contribution < 1.29 is 22.7 Å². The molecular formula is C9H6F3NO2. The van der Waals surface area contributed by atoms with Gasteiger partial charge in [0.05, 0.1) is 5.69 Å². The monoisotopic (exact) mass is 217 g/mol. The maximum absolute atomic E-state index is 13.0. The molecule has 1 N–H and O–H groups in total. The highest BCUT2D eigenvalue weighted by molar-refractivity contribution is 5.70. The van der Waals surface area contributed by atoms with Crippen LogP contribution in [0.5, 0.6) is 5.75 Å². The number of hydrogen-bond acceptors (Lipinski definition) is 3. The number of fused-ring (bicyclic) bond motifs is 1. The van der Waals surface area contributed by atoms with Crippen molar-refractivity contribution in [3.05, 3.63) is 24.0 Å². The van der Waals surface area contributed by atoms with Gasteiger partial charge in [-0.05, 0) is 12.1 Å². The van der Waals surface area contributed by atoms with Crippen molar-refractivity contribution in [2.45, 2.75) is 12.2 Å². The van der Waals surface area contributed by atoms with Crippen LogP contribution in [0, 0.1) is 5.82 Å². The number of carbonyl (C=O) groups excluding carboxylic acids is 1. The van der Waals surface area contributed by atoms with Crippen molar-refractivity contribution in [3.63, 3.8) is 0 Å². The van der Waals surface area contributed by atoms with E-state index in [-0.39, 0.29) is 17.7 Å². The fourth-order valence-electron chi connectivity index (χ4n) is 1.27. The second-order valence-electron chi connectivity index (χ2n) is 3.06. The number of aldehydes is 1. The Kier molecular flexibility index (Phi) is 2.06. The number of nitrogens with one attached hydrogen (secondary N) is 1. The van der Waals surface area contributed by atoms with Gasteiger partial charge in [-0.25, -0.2) is 4.39 Å². The Bertz CT molecular complexity index is 408. The highest BCUT2D eigenvalue weighted by Gasteiger charge is 2.46. The summed E-state index contributed by atoms with van der Waals surface area (Å²) in [5.41, 5.74) is 0.166. The molecule has 80 valence electrons. The molecule has 0 aliphatic carbocycles. The third-order valence-electron chi connectivity index (χ3n) is 2.00. The first-order valence-corrected chi connectivity index (χ1v) is 4.11. The van der Waals surface area contributed by atoms with Crippen LogP contribution in [0.3, 0.4) is 0 Å². The summed E-state index contributed by atoms with van der Waals surface area (Å²) in [7, 11) is 0. The standard InChI is InChI=1S/C9H6F3NO2/c10-5-1-2-6-7(3-5)15-9(11,12)8(4-14)13-6/h1-4,8,13H. The Labute approximate surface area is 82.8 Å². The summed E-state index contributed by atoms with van der Waals surface area (Å²) in [5, 5.41) is 2.25. The largest absolute Gasteiger partial charge is 0.428 e. The van der Waals surface area contributed by atoms with Crippen LogP contribution < -0.4 is 10.1 Å². The third-order valence-corrected chi connectivity index (χ3v) is 2.00. The van der Waals surface area contributed by atoms with E-state index in [0.29, 0.717) is 0 Å². The molecule has 1 aromatic carbocycles. The number of halogens is 3. The molecule has 0 spiro atoms. The van der Waals surface area contributed by atoms with Crippen LogP contribution in [-0.2, 0) is 4.79 Å².